The van der Waals surface area contributed by atoms with E-state index in [-0.39, 0.29) is 12.1 Å². The lowest BCUT2D eigenvalue weighted by Crippen LogP contribution is -2.44. The van der Waals surface area contributed by atoms with Crippen molar-refractivity contribution in [2.75, 3.05) is 57.8 Å². The summed E-state index contributed by atoms with van der Waals surface area (Å²) in [6, 6.07) is 7.83. The average Bonchev–Trinajstić information content (AvgIpc) is 3.48. The summed E-state index contributed by atoms with van der Waals surface area (Å²) in [4.78, 5) is 23.9. The predicted molar refractivity (Wildman–Crippen MR) is 116 cm³/mol. The van der Waals surface area contributed by atoms with Crippen LogP contribution in [0.3, 0.4) is 0 Å². The molecule has 0 aromatic carbocycles. The summed E-state index contributed by atoms with van der Waals surface area (Å²) in [5, 5.41) is 5.99. The van der Waals surface area contributed by atoms with Crippen molar-refractivity contribution in [3.8, 4) is 0 Å². The van der Waals surface area contributed by atoms with E-state index in [1.807, 2.05) is 24.4 Å². The molecule has 2 saturated heterocycles. The molecule has 8 heteroatoms. The van der Waals surface area contributed by atoms with Gasteiger partial charge in [0.15, 0.2) is 0 Å². The number of amides is 2. The van der Waals surface area contributed by atoms with Gasteiger partial charge < -0.3 is 24.9 Å². The smallest absolute Gasteiger partial charge is 0.315 e. The Bertz CT molecular complexity index is 798. The molecule has 8 nitrogen and oxygen atoms in total. The van der Waals surface area contributed by atoms with Crippen molar-refractivity contribution in [2.24, 2.45) is 0 Å². The normalized spacial score (nSPS) is 19.0. The van der Waals surface area contributed by atoms with Crippen LogP contribution in [0.1, 0.15) is 30.2 Å². The lowest BCUT2D eigenvalue weighted by atomic mass is 10.2. The van der Waals surface area contributed by atoms with Crippen LogP contribution in [-0.2, 0) is 6.54 Å². The quantitative estimate of drug-likeness (QED) is 0.725. The second-order valence-corrected chi connectivity index (χ2v) is 8.15. The van der Waals surface area contributed by atoms with Gasteiger partial charge in [-0.15, -0.1) is 0 Å². The summed E-state index contributed by atoms with van der Waals surface area (Å²) in [6.07, 6.45) is 5.91. The molecule has 2 fully saturated rings. The second-order valence-electron chi connectivity index (χ2n) is 8.15. The second kappa shape index (κ2) is 9.95. The van der Waals surface area contributed by atoms with Crippen molar-refractivity contribution >= 4 is 11.8 Å². The number of likely N-dealkylation sites (tertiary alicyclic amines) is 1. The third-order valence-electron chi connectivity index (χ3n) is 6.00. The topological polar surface area (TPSA) is 76.9 Å². The number of urea groups is 1. The van der Waals surface area contributed by atoms with Crippen LogP contribution >= 0.6 is 0 Å². The largest absolute Gasteiger partial charge is 0.468 e. The van der Waals surface area contributed by atoms with E-state index in [9.17, 15) is 4.79 Å². The van der Waals surface area contributed by atoms with Crippen LogP contribution in [0.5, 0.6) is 0 Å². The molecule has 1 atom stereocenters. The first-order valence-corrected chi connectivity index (χ1v) is 10.9. The van der Waals surface area contributed by atoms with Gasteiger partial charge >= 0.3 is 6.03 Å². The highest BCUT2D eigenvalue weighted by Gasteiger charge is 2.25. The summed E-state index contributed by atoms with van der Waals surface area (Å²) in [6.45, 7) is 7.13. The summed E-state index contributed by atoms with van der Waals surface area (Å²) in [7, 11) is 2.14. The number of pyridine rings is 1. The van der Waals surface area contributed by atoms with Gasteiger partial charge in [-0.25, -0.2) is 9.78 Å². The predicted octanol–water partition coefficient (Wildman–Crippen LogP) is 2.06. The Morgan fingerprint density at radius 2 is 1.93 bits per heavy atom. The highest BCUT2D eigenvalue weighted by molar-refractivity contribution is 5.73. The lowest BCUT2D eigenvalue weighted by molar-refractivity contribution is 0.203. The summed E-state index contributed by atoms with van der Waals surface area (Å²) >= 11 is 0. The van der Waals surface area contributed by atoms with E-state index in [1.165, 1.54) is 12.8 Å². The molecule has 4 heterocycles. The molecule has 0 radical (unpaired) electrons. The minimum Gasteiger partial charge on any atom is -0.468 e. The maximum absolute atomic E-state index is 12.4. The molecule has 2 aliphatic rings. The lowest BCUT2D eigenvalue weighted by Gasteiger charge is -2.33. The molecule has 2 aromatic rings. The monoisotopic (exact) mass is 412 g/mol. The van der Waals surface area contributed by atoms with E-state index in [2.05, 4.69) is 43.4 Å². The van der Waals surface area contributed by atoms with Gasteiger partial charge in [0.25, 0.3) is 0 Å². The Labute approximate surface area is 178 Å². The maximum Gasteiger partial charge on any atom is 0.315 e. The minimum atomic E-state index is -0.163. The fourth-order valence-corrected chi connectivity index (χ4v) is 4.16. The number of rotatable bonds is 7. The van der Waals surface area contributed by atoms with E-state index in [0.29, 0.717) is 13.1 Å². The van der Waals surface area contributed by atoms with Crippen LogP contribution in [-0.4, -0.2) is 73.7 Å². The van der Waals surface area contributed by atoms with E-state index in [1.54, 1.807) is 6.26 Å². The van der Waals surface area contributed by atoms with Crippen molar-refractivity contribution in [2.45, 2.75) is 25.4 Å². The van der Waals surface area contributed by atoms with Gasteiger partial charge in [0.05, 0.1) is 12.3 Å². The third-order valence-corrected chi connectivity index (χ3v) is 6.00. The summed E-state index contributed by atoms with van der Waals surface area (Å²) in [5.74, 6) is 1.89. The van der Waals surface area contributed by atoms with Gasteiger partial charge in [-0.2, -0.15) is 0 Å². The van der Waals surface area contributed by atoms with Crippen LogP contribution in [0.25, 0.3) is 0 Å². The third kappa shape index (κ3) is 5.31. The number of furan rings is 1. The molecular formula is C22H32N6O2. The zero-order valence-electron chi connectivity index (χ0n) is 17.7. The summed E-state index contributed by atoms with van der Waals surface area (Å²) in [5.41, 5.74) is 1.05. The Balaban J connectivity index is 1.27. The van der Waals surface area contributed by atoms with Crippen LogP contribution in [0.15, 0.2) is 41.1 Å². The Morgan fingerprint density at radius 1 is 1.13 bits per heavy atom. The Kier molecular flexibility index (Phi) is 6.86. The van der Waals surface area contributed by atoms with Gasteiger partial charge in [-0.3, -0.25) is 4.90 Å². The fourth-order valence-electron chi connectivity index (χ4n) is 4.16. The minimum absolute atomic E-state index is 0.0815. The van der Waals surface area contributed by atoms with Crippen molar-refractivity contribution in [1.82, 2.24) is 25.4 Å². The molecule has 2 amide bonds. The fraction of sp³-hybridized carbons (Fsp3) is 0.545. The Hall–Kier alpha value is -2.58. The number of piperazine rings is 1. The van der Waals surface area contributed by atoms with Gasteiger partial charge in [-0.1, -0.05) is 0 Å². The number of nitrogens with zero attached hydrogens (tertiary/aromatic N) is 4. The molecule has 2 N–H and O–H groups in total. The first-order valence-electron chi connectivity index (χ1n) is 10.9. The highest BCUT2D eigenvalue weighted by Crippen LogP contribution is 2.24. The van der Waals surface area contributed by atoms with Gasteiger partial charge in [-0.05, 0) is 62.8 Å². The zero-order chi connectivity index (χ0) is 20.8. The first kappa shape index (κ1) is 20.7. The van der Waals surface area contributed by atoms with Gasteiger partial charge in [0.2, 0.25) is 0 Å². The molecular weight excluding hydrogens is 380 g/mol. The number of hydrogen-bond acceptors (Lipinski definition) is 6. The number of carbonyl (C=O) groups excluding carboxylic acids is 1. The molecule has 4 rings (SSSR count). The van der Waals surface area contributed by atoms with Crippen LogP contribution in [0.4, 0.5) is 10.6 Å². The molecule has 0 spiro atoms. The molecule has 0 bridgehead atoms. The SMILES string of the molecule is CN1CCN(c2cc(CNC(=O)NCC(c3ccco3)N3CCCC3)ccn2)CC1. The molecule has 0 saturated carbocycles. The van der Waals surface area contributed by atoms with E-state index in [4.69, 9.17) is 4.42 Å². The zero-order valence-corrected chi connectivity index (χ0v) is 17.7. The highest BCUT2D eigenvalue weighted by atomic mass is 16.3. The number of hydrogen-bond donors (Lipinski definition) is 2. The van der Waals surface area contributed by atoms with E-state index < -0.39 is 0 Å². The average molecular weight is 413 g/mol. The first-order chi connectivity index (χ1) is 14.7. The number of anilines is 1. The van der Waals surface area contributed by atoms with Crippen molar-refractivity contribution < 1.29 is 9.21 Å². The molecule has 1 unspecified atom stereocenters. The van der Waals surface area contributed by atoms with E-state index in [0.717, 1.165) is 56.4 Å². The van der Waals surface area contributed by atoms with Crippen molar-refractivity contribution in [3.05, 3.63) is 48.0 Å². The van der Waals surface area contributed by atoms with Crippen molar-refractivity contribution in [1.29, 1.82) is 0 Å². The molecule has 162 valence electrons. The van der Waals surface area contributed by atoms with Crippen LogP contribution < -0.4 is 15.5 Å². The number of carbonyl (C=O) groups is 1. The number of aromatic nitrogens is 1. The standard InChI is InChI=1S/C22H32N6O2/c1-26-10-12-28(13-11-26)21-15-18(6-7-23-21)16-24-22(29)25-17-19(20-5-4-14-30-20)27-8-2-3-9-27/h4-7,14-15,19H,2-3,8-13,16-17H2,1H3,(H2,24,25,29). The molecule has 2 aromatic heterocycles. The maximum atomic E-state index is 12.4. The Morgan fingerprint density at radius 3 is 2.67 bits per heavy atom. The van der Waals surface area contributed by atoms with Gasteiger partial charge in [0, 0.05) is 45.5 Å². The summed E-state index contributed by atoms with van der Waals surface area (Å²) < 4.78 is 5.62. The van der Waals surface area contributed by atoms with Gasteiger partial charge in [0.1, 0.15) is 11.6 Å². The molecule has 30 heavy (non-hydrogen) atoms. The van der Waals surface area contributed by atoms with Crippen molar-refractivity contribution in [3.63, 3.8) is 0 Å². The molecule has 2 aliphatic heterocycles. The number of nitrogens with one attached hydrogen (secondary N) is 2. The van der Waals surface area contributed by atoms with E-state index >= 15 is 0 Å². The van der Waals surface area contributed by atoms with Crippen LogP contribution in [0.2, 0.25) is 0 Å². The number of likely N-dealkylation sites (N-methyl/N-ethyl adjacent to an activating group) is 1. The van der Waals surface area contributed by atoms with Crippen LogP contribution in [0, 0.1) is 0 Å². The molecule has 0 aliphatic carbocycles.